The second-order valence-corrected chi connectivity index (χ2v) is 5.26. The van der Waals surface area contributed by atoms with Gasteiger partial charge in [-0.15, -0.1) is 0 Å². The van der Waals surface area contributed by atoms with Gasteiger partial charge in [0.05, 0.1) is 6.61 Å². The zero-order valence-electron chi connectivity index (χ0n) is 9.63. The zero-order valence-corrected chi connectivity index (χ0v) is 11.2. The highest BCUT2D eigenvalue weighted by atomic mass is 79.9. The van der Waals surface area contributed by atoms with E-state index in [1.165, 1.54) is 18.4 Å². The largest absolute Gasteiger partial charge is 0.493 e. The average molecular weight is 284 g/mol. The number of ether oxygens (including phenoxy) is 1. The quantitative estimate of drug-likeness (QED) is 0.809. The molecule has 1 saturated carbocycles. The van der Waals surface area contributed by atoms with Crippen LogP contribution in [-0.4, -0.2) is 19.2 Å². The molecule has 1 fully saturated rings. The van der Waals surface area contributed by atoms with Crippen molar-refractivity contribution in [2.45, 2.75) is 32.2 Å². The predicted octanol–water partition coefficient (Wildman–Crippen LogP) is 3.28. The summed E-state index contributed by atoms with van der Waals surface area (Å²) in [7, 11) is 0. The van der Waals surface area contributed by atoms with Crippen LogP contribution >= 0.6 is 15.9 Å². The van der Waals surface area contributed by atoms with Gasteiger partial charge in [-0.1, -0.05) is 22.0 Å². The average Bonchev–Trinajstić information content (AvgIpc) is 3.06. The van der Waals surface area contributed by atoms with Crippen LogP contribution in [0.5, 0.6) is 5.75 Å². The fraction of sp³-hybridized carbons (Fsp3) is 0.538. The number of hydrogen-bond donors (Lipinski definition) is 1. The van der Waals surface area contributed by atoms with Crippen molar-refractivity contribution in [2.75, 3.05) is 13.2 Å². The van der Waals surface area contributed by atoms with Crippen molar-refractivity contribution in [1.82, 2.24) is 5.32 Å². The third-order valence-corrected chi connectivity index (χ3v) is 3.23. The molecule has 2 nitrogen and oxygen atoms in total. The van der Waals surface area contributed by atoms with E-state index in [0.29, 0.717) is 0 Å². The molecule has 0 heterocycles. The molecule has 1 aromatic carbocycles. The molecule has 0 aliphatic heterocycles. The summed E-state index contributed by atoms with van der Waals surface area (Å²) in [4.78, 5) is 0. The van der Waals surface area contributed by atoms with E-state index < -0.39 is 0 Å². The lowest BCUT2D eigenvalue weighted by Crippen LogP contribution is -2.19. The number of aryl methyl sites for hydroxylation is 1. The van der Waals surface area contributed by atoms with Crippen LogP contribution in [-0.2, 0) is 0 Å². The number of benzene rings is 1. The minimum absolute atomic E-state index is 0.789. The number of hydrogen-bond acceptors (Lipinski definition) is 2. The summed E-state index contributed by atoms with van der Waals surface area (Å²) >= 11 is 3.45. The third kappa shape index (κ3) is 3.80. The molecular weight excluding hydrogens is 266 g/mol. The molecule has 0 radical (unpaired) electrons. The monoisotopic (exact) mass is 283 g/mol. The van der Waals surface area contributed by atoms with Gasteiger partial charge in [-0.05, 0) is 50.4 Å². The summed E-state index contributed by atoms with van der Waals surface area (Å²) in [6, 6.07) is 6.94. The third-order valence-electron chi connectivity index (χ3n) is 2.74. The number of nitrogens with one attached hydrogen (secondary N) is 1. The number of halogens is 1. The van der Waals surface area contributed by atoms with E-state index in [0.717, 1.165) is 35.8 Å². The van der Waals surface area contributed by atoms with Crippen LogP contribution in [0.4, 0.5) is 0 Å². The van der Waals surface area contributed by atoms with Crippen molar-refractivity contribution < 1.29 is 4.74 Å². The summed E-state index contributed by atoms with van der Waals surface area (Å²) < 4.78 is 6.82. The fourth-order valence-electron chi connectivity index (χ4n) is 1.58. The summed E-state index contributed by atoms with van der Waals surface area (Å²) in [6.45, 7) is 3.93. The van der Waals surface area contributed by atoms with E-state index in [-0.39, 0.29) is 0 Å². The van der Waals surface area contributed by atoms with Gasteiger partial charge < -0.3 is 10.1 Å². The van der Waals surface area contributed by atoms with Crippen molar-refractivity contribution in [1.29, 1.82) is 0 Å². The molecule has 88 valence electrons. The Morgan fingerprint density at radius 3 is 3.00 bits per heavy atom. The van der Waals surface area contributed by atoms with E-state index in [4.69, 9.17) is 4.74 Å². The van der Waals surface area contributed by atoms with Crippen molar-refractivity contribution >= 4 is 15.9 Å². The second-order valence-electron chi connectivity index (χ2n) is 4.34. The predicted molar refractivity (Wildman–Crippen MR) is 70.0 cm³/mol. The Morgan fingerprint density at radius 1 is 1.44 bits per heavy atom. The van der Waals surface area contributed by atoms with Crippen molar-refractivity contribution in [3.8, 4) is 5.75 Å². The molecule has 1 aliphatic carbocycles. The first kappa shape index (κ1) is 11.9. The van der Waals surface area contributed by atoms with Crippen LogP contribution in [0.15, 0.2) is 22.7 Å². The van der Waals surface area contributed by atoms with Gasteiger partial charge >= 0.3 is 0 Å². The highest BCUT2D eigenvalue weighted by Crippen LogP contribution is 2.23. The minimum Gasteiger partial charge on any atom is -0.493 e. The molecule has 1 N–H and O–H groups in total. The van der Waals surface area contributed by atoms with E-state index >= 15 is 0 Å². The Labute approximate surface area is 106 Å². The Bertz CT molecular complexity index is 350. The lowest BCUT2D eigenvalue weighted by Gasteiger charge is -2.09. The highest BCUT2D eigenvalue weighted by molar-refractivity contribution is 9.10. The molecule has 0 bridgehead atoms. The smallest absolute Gasteiger partial charge is 0.123 e. The van der Waals surface area contributed by atoms with E-state index in [1.54, 1.807) is 0 Å². The summed E-state index contributed by atoms with van der Waals surface area (Å²) in [5.74, 6) is 0.987. The Hall–Kier alpha value is -0.540. The van der Waals surface area contributed by atoms with E-state index in [1.807, 2.05) is 12.1 Å². The normalized spacial score (nSPS) is 15.1. The van der Waals surface area contributed by atoms with Crippen LogP contribution < -0.4 is 10.1 Å². The topological polar surface area (TPSA) is 21.3 Å². The molecule has 0 amide bonds. The van der Waals surface area contributed by atoms with Gasteiger partial charge in [0.1, 0.15) is 5.75 Å². The van der Waals surface area contributed by atoms with Gasteiger partial charge in [-0.3, -0.25) is 0 Å². The van der Waals surface area contributed by atoms with E-state index in [9.17, 15) is 0 Å². The van der Waals surface area contributed by atoms with Gasteiger partial charge in [0.15, 0.2) is 0 Å². The first-order valence-corrected chi connectivity index (χ1v) is 6.67. The maximum atomic E-state index is 5.75. The van der Waals surface area contributed by atoms with Gasteiger partial charge in [0, 0.05) is 10.5 Å². The molecule has 1 aliphatic rings. The van der Waals surface area contributed by atoms with Crippen LogP contribution in [0.3, 0.4) is 0 Å². The van der Waals surface area contributed by atoms with Gasteiger partial charge in [0.25, 0.3) is 0 Å². The van der Waals surface area contributed by atoms with Gasteiger partial charge in [0.2, 0.25) is 0 Å². The maximum Gasteiger partial charge on any atom is 0.123 e. The van der Waals surface area contributed by atoms with E-state index in [2.05, 4.69) is 34.2 Å². The minimum atomic E-state index is 0.789. The summed E-state index contributed by atoms with van der Waals surface area (Å²) in [5, 5.41) is 3.48. The molecule has 0 saturated heterocycles. The van der Waals surface area contributed by atoms with Gasteiger partial charge in [-0.2, -0.15) is 0 Å². The van der Waals surface area contributed by atoms with Crippen LogP contribution in [0.2, 0.25) is 0 Å². The Morgan fingerprint density at radius 2 is 2.25 bits per heavy atom. The molecular formula is C13H18BrNO. The number of rotatable bonds is 6. The van der Waals surface area contributed by atoms with Crippen molar-refractivity contribution in [3.05, 3.63) is 28.2 Å². The Kier molecular flexibility index (Phi) is 4.24. The highest BCUT2D eigenvalue weighted by Gasteiger charge is 2.19. The lowest BCUT2D eigenvalue weighted by atomic mass is 10.2. The molecule has 16 heavy (non-hydrogen) atoms. The van der Waals surface area contributed by atoms with Crippen molar-refractivity contribution in [3.63, 3.8) is 0 Å². The molecule has 0 spiro atoms. The molecule has 0 unspecified atom stereocenters. The SMILES string of the molecule is Cc1ccc(Br)cc1OCCCNC1CC1. The Balaban J connectivity index is 1.69. The molecule has 0 atom stereocenters. The van der Waals surface area contributed by atoms with Crippen LogP contribution in [0.1, 0.15) is 24.8 Å². The molecule has 2 rings (SSSR count). The lowest BCUT2D eigenvalue weighted by molar-refractivity contribution is 0.306. The summed E-state index contributed by atoms with van der Waals surface area (Å²) in [5.41, 5.74) is 1.19. The maximum absolute atomic E-state index is 5.75. The first-order chi connectivity index (χ1) is 7.75. The molecule has 3 heteroatoms. The molecule has 1 aromatic rings. The van der Waals surface area contributed by atoms with Crippen LogP contribution in [0.25, 0.3) is 0 Å². The van der Waals surface area contributed by atoms with Crippen LogP contribution in [0, 0.1) is 6.92 Å². The second kappa shape index (κ2) is 5.69. The standard InChI is InChI=1S/C13H18BrNO/c1-10-3-4-11(14)9-13(10)16-8-2-7-15-12-5-6-12/h3-4,9,12,15H,2,5-8H2,1H3. The zero-order chi connectivity index (χ0) is 11.4. The summed E-state index contributed by atoms with van der Waals surface area (Å²) in [6.07, 6.45) is 3.78. The molecule has 0 aromatic heterocycles. The first-order valence-electron chi connectivity index (χ1n) is 5.88. The fourth-order valence-corrected chi connectivity index (χ4v) is 1.92. The van der Waals surface area contributed by atoms with Gasteiger partial charge in [-0.25, -0.2) is 0 Å². The van der Waals surface area contributed by atoms with Crippen molar-refractivity contribution in [2.24, 2.45) is 0 Å².